The lowest BCUT2D eigenvalue weighted by Gasteiger charge is -2.38. The number of carboxylic acids is 2. The van der Waals surface area contributed by atoms with E-state index in [4.69, 9.17) is 28.0 Å². The van der Waals surface area contributed by atoms with Crippen LogP contribution in [0.25, 0.3) is 21.8 Å². The molecular formula is C55H77BrF2N6O24P4Si. The highest BCUT2D eigenvalue weighted by atomic mass is 79.9. The van der Waals surface area contributed by atoms with Gasteiger partial charge in [-0.15, -0.1) is 15.3 Å². The molecule has 4 saturated heterocycles. The first-order valence-electron chi connectivity index (χ1n) is 28.9. The molecule has 10 rings (SSSR count). The number of benzene rings is 2. The molecule has 0 spiro atoms. The fourth-order valence-corrected chi connectivity index (χ4v) is 13.8. The monoisotopic (exact) mass is 1470 g/mol. The number of methoxy groups -OCH3 is 4. The molecule has 6 fully saturated rings. The molecule has 6 aliphatic rings. The summed E-state index contributed by atoms with van der Waals surface area (Å²) in [4.78, 5) is 120. The summed E-state index contributed by atoms with van der Waals surface area (Å²) in [5.41, 5.74) is -1.95. The van der Waals surface area contributed by atoms with Crippen molar-refractivity contribution in [3.63, 3.8) is 0 Å². The molecule has 0 radical (unpaired) electrons. The van der Waals surface area contributed by atoms with Gasteiger partial charge in [0.05, 0.1) is 48.1 Å². The lowest BCUT2D eigenvalue weighted by atomic mass is 9.92. The van der Waals surface area contributed by atoms with Crippen molar-refractivity contribution >= 4 is 112 Å². The Hall–Kier alpha value is -5.56. The minimum absolute atomic E-state index is 0.00194. The van der Waals surface area contributed by atoms with Gasteiger partial charge in [0.2, 0.25) is 10.9 Å². The standard InChI is InChI=1S/C24H30FN3O12P2.C24H26FN3O10P2.C3H9BrSi.2C2H6O/c1-24(41(33,34)35,42(36,37)38)40-23(32)27-7-3-4-12-9-26(11-17(12)27)19-16(25)8-14-18(21(19)39-2)28(13-5-6-13)10-15(20(14)29)22(30)31;1-24(37-39-33,38-40-34)36-23(32)27-7-3-4-12-9-26(11-17(12)27)19-16(25)8-14-18(21(19)35-2)28(13-5-6-13)10-15(20(14)29)22(30)31;1-5(2,3)4;2*1-3-2/h8,10,12-13,17H,3-7,9,11H2,1-2H3,(H,30,31)(H2,33,34,35)(H2,36,37,38);8,10,12-13,17H,3-7,9,11H2,1-2H3,(H,30,31);1-3H3;2*1-2H3. The fourth-order valence-electron chi connectivity index (χ4n) is 11.5. The number of fused-ring (bicyclic) bond motifs is 4. The van der Waals surface area contributed by atoms with Crippen molar-refractivity contribution in [1.82, 2.24) is 18.9 Å². The molecule has 2 saturated carbocycles. The summed E-state index contributed by atoms with van der Waals surface area (Å²) in [7, 11) is -3.82. The predicted octanol–water partition coefficient (Wildman–Crippen LogP) is 9.33. The Morgan fingerprint density at radius 1 is 0.613 bits per heavy atom. The predicted molar refractivity (Wildman–Crippen MR) is 340 cm³/mol. The maximum atomic E-state index is 15.8. The van der Waals surface area contributed by atoms with Crippen LogP contribution < -0.4 is 30.1 Å². The molecule has 4 aliphatic heterocycles. The highest BCUT2D eigenvalue weighted by Gasteiger charge is 2.61. The van der Waals surface area contributed by atoms with E-state index < -0.39 is 120 Å². The first-order valence-corrected chi connectivity index (χ1v) is 39.4. The molecule has 38 heteroatoms. The third kappa shape index (κ3) is 17.4. The van der Waals surface area contributed by atoms with Gasteiger partial charge in [-0.25, -0.2) is 46.1 Å². The zero-order valence-electron chi connectivity index (χ0n) is 52.8. The first kappa shape index (κ1) is 76.5. The summed E-state index contributed by atoms with van der Waals surface area (Å²) in [5, 5.41) is 15.5. The van der Waals surface area contributed by atoms with Crippen molar-refractivity contribution in [2.75, 3.05) is 91.7 Å². The molecule has 4 aromatic rings. The third-order valence-corrected chi connectivity index (χ3v) is 20.6. The Kier molecular flexibility index (Phi) is 25.6. The minimum atomic E-state index is -5.64. The van der Waals surface area contributed by atoms with E-state index in [1.807, 2.05) is 0 Å². The zero-order valence-corrected chi connectivity index (χ0v) is 59.0. The number of aromatic carboxylic acids is 2. The Morgan fingerprint density at radius 2 is 0.946 bits per heavy atom. The number of pyridine rings is 2. The average Bonchev–Trinajstić information content (AvgIpc) is 1.70. The zero-order chi connectivity index (χ0) is 69.6. The quantitative estimate of drug-likeness (QED) is 0.0263. The van der Waals surface area contributed by atoms with Crippen molar-refractivity contribution in [1.29, 1.82) is 0 Å². The summed E-state index contributed by atoms with van der Waals surface area (Å²) in [6, 6.07) is 0.797. The number of amides is 2. The Morgan fingerprint density at radius 3 is 1.24 bits per heavy atom. The van der Waals surface area contributed by atoms with Gasteiger partial charge in [-0.1, -0.05) is 19.6 Å². The molecule has 2 amide bonds. The summed E-state index contributed by atoms with van der Waals surface area (Å²) in [6.07, 6.45) is 5.75. The molecule has 516 valence electrons. The fraction of sp³-hybridized carbons (Fsp3) is 0.600. The summed E-state index contributed by atoms with van der Waals surface area (Å²) < 4.78 is 120. The van der Waals surface area contributed by atoms with Crippen molar-refractivity contribution in [2.45, 2.75) is 120 Å². The van der Waals surface area contributed by atoms with Crippen molar-refractivity contribution in [3.8, 4) is 11.5 Å². The van der Waals surface area contributed by atoms with Crippen LogP contribution in [0.4, 0.5) is 29.7 Å². The third-order valence-electron chi connectivity index (χ3n) is 15.8. The number of piperidine rings is 2. The molecular weight excluding hydrogens is 1400 g/mol. The van der Waals surface area contributed by atoms with Crippen molar-refractivity contribution in [2.24, 2.45) is 11.8 Å². The Labute approximate surface area is 544 Å². The number of hydrogen-bond acceptors (Lipinski definition) is 20. The molecule has 0 bridgehead atoms. The lowest BCUT2D eigenvalue weighted by molar-refractivity contribution is -0.252. The molecule has 6 N–H and O–H groups in total. The highest BCUT2D eigenvalue weighted by Crippen LogP contribution is 2.69. The van der Waals surface area contributed by atoms with Crippen LogP contribution in [-0.4, -0.2) is 185 Å². The number of likely N-dealkylation sites (tertiary alicyclic amines) is 2. The number of hydrogen-bond donors (Lipinski definition) is 6. The number of anilines is 2. The van der Waals surface area contributed by atoms with E-state index in [9.17, 15) is 76.8 Å². The number of ether oxygens (including phenoxy) is 6. The van der Waals surface area contributed by atoms with Gasteiger partial charge in [-0.2, -0.15) is 0 Å². The van der Waals surface area contributed by atoms with E-state index in [2.05, 4.69) is 44.4 Å². The summed E-state index contributed by atoms with van der Waals surface area (Å²) >= 11 is 3.51. The molecule has 2 aliphatic carbocycles. The first-order chi connectivity index (χ1) is 43.4. The van der Waals surface area contributed by atoms with E-state index in [-0.39, 0.29) is 89.3 Å². The number of carboxylic acid groups (broad SMARTS) is 2. The smallest absolute Gasteiger partial charge is 0.414 e. The number of carbonyl (C=O) groups is 4. The largest absolute Gasteiger partial charge is 0.492 e. The SMILES string of the molecule is COC.COC.COc1c(N2CC3CCCN(C(=O)OC(C)(OP=O)OP=O)C3C2)c(F)cc2c(=O)c(C(=O)O)cn(C3CC3)c12.COc1c(N2CC3CCCN(C(=O)OC(C)(P(=O)(O)O)P(=O)(O)O)C3C2)c(F)cc2c(=O)c(C(=O)O)cn(C3CC3)c12.C[Si](C)(C)Br. The second kappa shape index (κ2) is 31.1. The molecule has 6 heterocycles. The Bertz CT molecular complexity index is 3660. The van der Waals surface area contributed by atoms with Crippen LogP contribution in [0.3, 0.4) is 0 Å². The van der Waals surface area contributed by atoms with Crippen LogP contribution in [0.2, 0.25) is 19.6 Å². The van der Waals surface area contributed by atoms with E-state index in [0.29, 0.717) is 44.8 Å². The normalized spacial score (nSPS) is 20.3. The van der Waals surface area contributed by atoms with Crippen molar-refractivity contribution in [3.05, 3.63) is 67.7 Å². The van der Waals surface area contributed by atoms with E-state index in [1.165, 1.54) is 31.5 Å². The van der Waals surface area contributed by atoms with Gasteiger partial charge in [-0.3, -0.25) is 18.7 Å². The molecule has 93 heavy (non-hydrogen) atoms. The maximum absolute atomic E-state index is 15.8. The van der Waals surface area contributed by atoms with Crippen LogP contribution in [0.1, 0.15) is 98.0 Å². The van der Waals surface area contributed by atoms with Gasteiger partial charge in [0.15, 0.2) is 23.1 Å². The van der Waals surface area contributed by atoms with Crippen LogP contribution >= 0.6 is 47.9 Å². The summed E-state index contributed by atoms with van der Waals surface area (Å²) in [6.45, 7) is 8.72. The second-order valence-electron chi connectivity index (χ2n) is 23.9. The number of aromatic nitrogens is 2. The molecule has 4 atom stereocenters. The average molecular weight is 1480 g/mol. The van der Waals surface area contributed by atoms with Gasteiger partial charge >= 0.3 is 67.7 Å². The van der Waals surface area contributed by atoms with Crippen LogP contribution in [0, 0.1) is 23.5 Å². The van der Waals surface area contributed by atoms with Gasteiger partial charge in [0.25, 0.3) is 0 Å². The van der Waals surface area contributed by atoms with Crippen LogP contribution in [0.5, 0.6) is 11.5 Å². The molecule has 2 aromatic heterocycles. The number of carbonyl (C=O) groups excluding carboxylic acids is 2. The number of rotatable bonds is 16. The molecule has 30 nitrogen and oxygen atoms in total. The minimum Gasteiger partial charge on any atom is -0.492 e. The second-order valence-corrected chi connectivity index (χ2v) is 40.0. The molecule has 4 unspecified atom stereocenters. The number of nitrogens with zero attached hydrogens (tertiary/aromatic N) is 6. The summed E-state index contributed by atoms with van der Waals surface area (Å²) in [5.74, 6) is -6.82. The van der Waals surface area contributed by atoms with Gasteiger partial charge in [0.1, 0.15) is 29.2 Å². The van der Waals surface area contributed by atoms with Gasteiger partial charge < -0.3 is 86.9 Å². The van der Waals surface area contributed by atoms with Crippen LogP contribution in [0.15, 0.2) is 34.1 Å². The van der Waals surface area contributed by atoms with E-state index in [1.54, 1.807) is 47.4 Å². The van der Waals surface area contributed by atoms with E-state index in [0.717, 1.165) is 56.1 Å². The van der Waals surface area contributed by atoms with Crippen molar-refractivity contribution < 1.29 is 113 Å². The van der Waals surface area contributed by atoms with Crippen LogP contribution in [-0.2, 0) is 46.3 Å². The topological polar surface area (TPSA) is 389 Å². The Balaban J connectivity index is 0.000000255. The lowest BCUT2D eigenvalue weighted by Crippen LogP contribution is -2.51. The van der Waals surface area contributed by atoms with Gasteiger partial charge in [-0.05, 0) is 82.3 Å². The number of halogens is 3. The van der Waals surface area contributed by atoms with Gasteiger partial charge in [0, 0.05) is 99.1 Å². The van der Waals surface area contributed by atoms with E-state index >= 15 is 8.78 Å². The highest BCUT2D eigenvalue weighted by molar-refractivity contribution is 9.26. The maximum Gasteiger partial charge on any atom is 0.414 e. The molecule has 2 aromatic carbocycles.